The van der Waals surface area contributed by atoms with Crippen molar-refractivity contribution in [1.82, 2.24) is 4.90 Å². The molecule has 134 valence electrons. The SMILES string of the molecule is C[C@H](O)C[C@@H]1COCCN1C(=O)Cc1coc2cc3c(cc12)CCC3. The predicted molar refractivity (Wildman–Crippen MR) is 94.6 cm³/mol. The van der Waals surface area contributed by atoms with Crippen molar-refractivity contribution in [3.63, 3.8) is 0 Å². The van der Waals surface area contributed by atoms with E-state index in [1.807, 2.05) is 4.90 Å². The van der Waals surface area contributed by atoms with Gasteiger partial charge in [0.1, 0.15) is 5.58 Å². The monoisotopic (exact) mass is 343 g/mol. The smallest absolute Gasteiger partial charge is 0.227 e. The topological polar surface area (TPSA) is 62.9 Å². The van der Waals surface area contributed by atoms with Gasteiger partial charge in [-0.25, -0.2) is 0 Å². The molecule has 5 nitrogen and oxygen atoms in total. The quantitative estimate of drug-likeness (QED) is 0.926. The molecule has 1 aromatic carbocycles. The van der Waals surface area contributed by atoms with Crippen LogP contribution in [0.15, 0.2) is 22.8 Å². The molecule has 2 heterocycles. The second-order valence-corrected chi connectivity index (χ2v) is 7.31. The summed E-state index contributed by atoms with van der Waals surface area (Å²) in [6.45, 7) is 3.39. The largest absolute Gasteiger partial charge is 0.464 e. The maximum absolute atomic E-state index is 12.9. The summed E-state index contributed by atoms with van der Waals surface area (Å²) < 4.78 is 11.2. The first kappa shape index (κ1) is 16.6. The Bertz CT molecular complexity index is 779. The van der Waals surface area contributed by atoms with Crippen molar-refractivity contribution < 1.29 is 19.1 Å². The van der Waals surface area contributed by atoms with Gasteiger partial charge < -0.3 is 19.2 Å². The third-order valence-electron chi connectivity index (χ3n) is 5.37. The molecule has 1 amide bonds. The molecular weight excluding hydrogens is 318 g/mol. The maximum atomic E-state index is 12.9. The Kier molecular flexibility index (Phi) is 4.52. The summed E-state index contributed by atoms with van der Waals surface area (Å²) in [7, 11) is 0. The molecule has 1 aliphatic carbocycles. The van der Waals surface area contributed by atoms with Gasteiger partial charge in [-0.1, -0.05) is 0 Å². The van der Waals surface area contributed by atoms with Crippen molar-refractivity contribution in [3.8, 4) is 0 Å². The molecule has 1 N–H and O–H groups in total. The molecule has 1 saturated heterocycles. The number of aryl methyl sites for hydroxylation is 2. The number of carbonyl (C=O) groups excluding carboxylic acids is 1. The van der Waals surface area contributed by atoms with Gasteiger partial charge in [-0.05, 0) is 55.9 Å². The fourth-order valence-corrected chi connectivity index (χ4v) is 4.12. The molecule has 1 aromatic heterocycles. The first-order chi connectivity index (χ1) is 12.1. The van der Waals surface area contributed by atoms with Crippen LogP contribution in [0, 0.1) is 0 Å². The Balaban J connectivity index is 1.55. The molecule has 0 radical (unpaired) electrons. The standard InChI is InChI=1S/C20H25NO4/c1-13(22)7-17-12-24-6-5-21(17)20(23)10-16-11-25-19-9-15-4-2-3-14(15)8-18(16)19/h8-9,11,13,17,22H,2-7,10,12H2,1H3/t13-,17+/m0/s1. The Hall–Kier alpha value is -1.85. The van der Waals surface area contributed by atoms with Crippen LogP contribution < -0.4 is 0 Å². The number of nitrogens with zero attached hydrogens (tertiary/aromatic N) is 1. The molecule has 0 bridgehead atoms. The molecule has 1 aliphatic heterocycles. The van der Waals surface area contributed by atoms with E-state index in [4.69, 9.17) is 9.15 Å². The van der Waals surface area contributed by atoms with Crippen molar-refractivity contribution in [3.05, 3.63) is 35.1 Å². The van der Waals surface area contributed by atoms with Crippen LogP contribution in [0.1, 0.15) is 36.5 Å². The van der Waals surface area contributed by atoms with Crippen LogP contribution in [0.3, 0.4) is 0 Å². The van der Waals surface area contributed by atoms with Gasteiger partial charge in [-0.2, -0.15) is 0 Å². The second-order valence-electron chi connectivity index (χ2n) is 7.31. The average molecular weight is 343 g/mol. The van der Waals surface area contributed by atoms with Crippen LogP contribution in [0.4, 0.5) is 0 Å². The molecule has 1 fully saturated rings. The Morgan fingerprint density at radius 1 is 1.36 bits per heavy atom. The third-order valence-corrected chi connectivity index (χ3v) is 5.37. The zero-order valence-electron chi connectivity index (χ0n) is 14.7. The van der Waals surface area contributed by atoms with Gasteiger partial charge in [-0.15, -0.1) is 0 Å². The minimum atomic E-state index is -0.445. The molecule has 2 atom stereocenters. The Morgan fingerprint density at radius 3 is 2.96 bits per heavy atom. The minimum Gasteiger partial charge on any atom is -0.464 e. The molecule has 25 heavy (non-hydrogen) atoms. The molecule has 0 unspecified atom stereocenters. The number of aliphatic hydroxyl groups is 1. The van der Waals surface area contributed by atoms with Gasteiger partial charge in [0.15, 0.2) is 0 Å². The molecule has 2 aliphatic rings. The number of rotatable bonds is 4. The van der Waals surface area contributed by atoms with Gasteiger partial charge in [0, 0.05) is 17.5 Å². The summed E-state index contributed by atoms with van der Waals surface area (Å²) >= 11 is 0. The van der Waals surface area contributed by atoms with E-state index >= 15 is 0 Å². The van der Waals surface area contributed by atoms with E-state index in [0.29, 0.717) is 32.6 Å². The van der Waals surface area contributed by atoms with Gasteiger partial charge in [-0.3, -0.25) is 4.79 Å². The van der Waals surface area contributed by atoms with Gasteiger partial charge in [0.05, 0.1) is 38.0 Å². The van der Waals surface area contributed by atoms with E-state index in [1.165, 1.54) is 17.5 Å². The highest BCUT2D eigenvalue weighted by atomic mass is 16.5. The number of furan rings is 1. The Labute approximate surface area is 147 Å². The molecule has 0 saturated carbocycles. The highest BCUT2D eigenvalue weighted by Crippen LogP contribution is 2.31. The zero-order chi connectivity index (χ0) is 17.4. The summed E-state index contributed by atoms with van der Waals surface area (Å²) in [4.78, 5) is 14.7. The fourth-order valence-electron chi connectivity index (χ4n) is 4.12. The summed E-state index contributed by atoms with van der Waals surface area (Å²) in [5.74, 6) is 0.0807. The van der Waals surface area contributed by atoms with Crippen molar-refractivity contribution in [1.29, 1.82) is 0 Å². The van der Waals surface area contributed by atoms with Crippen molar-refractivity contribution in [2.75, 3.05) is 19.8 Å². The highest BCUT2D eigenvalue weighted by Gasteiger charge is 2.29. The maximum Gasteiger partial charge on any atom is 0.227 e. The number of hydrogen-bond acceptors (Lipinski definition) is 4. The van der Waals surface area contributed by atoms with Crippen LogP contribution in [-0.2, 0) is 28.8 Å². The average Bonchev–Trinajstić information content (AvgIpc) is 3.19. The number of carbonyl (C=O) groups is 1. The molecule has 2 aromatic rings. The van der Waals surface area contributed by atoms with Gasteiger partial charge >= 0.3 is 0 Å². The van der Waals surface area contributed by atoms with Gasteiger partial charge in [0.2, 0.25) is 5.91 Å². The number of morpholine rings is 1. The summed E-state index contributed by atoms with van der Waals surface area (Å²) in [6, 6.07) is 4.29. The van der Waals surface area contributed by atoms with E-state index < -0.39 is 6.10 Å². The van der Waals surface area contributed by atoms with E-state index in [0.717, 1.165) is 29.4 Å². The summed E-state index contributed by atoms with van der Waals surface area (Å²) in [5.41, 5.74) is 4.61. The lowest BCUT2D eigenvalue weighted by Gasteiger charge is -2.36. The number of fused-ring (bicyclic) bond motifs is 2. The van der Waals surface area contributed by atoms with E-state index in [9.17, 15) is 9.90 Å². The van der Waals surface area contributed by atoms with Crippen LogP contribution in [0.5, 0.6) is 0 Å². The number of ether oxygens (including phenoxy) is 1. The van der Waals surface area contributed by atoms with Crippen LogP contribution >= 0.6 is 0 Å². The summed E-state index contributed by atoms with van der Waals surface area (Å²) in [5, 5.41) is 10.7. The highest BCUT2D eigenvalue weighted by molar-refractivity contribution is 5.88. The molecule has 4 rings (SSSR count). The first-order valence-electron chi connectivity index (χ1n) is 9.19. The zero-order valence-corrected chi connectivity index (χ0v) is 14.7. The van der Waals surface area contributed by atoms with Crippen molar-refractivity contribution >= 4 is 16.9 Å². The van der Waals surface area contributed by atoms with Crippen molar-refractivity contribution in [2.45, 2.75) is 51.2 Å². The molecule has 0 spiro atoms. The normalized spacial score (nSPS) is 21.5. The minimum absolute atomic E-state index is 0.0522. The lowest BCUT2D eigenvalue weighted by atomic mass is 10.0. The van der Waals surface area contributed by atoms with Crippen LogP contribution in [-0.4, -0.2) is 47.8 Å². The van der Waals surface area contributed by atoms with E-state index in [1.54, 1.807) is 13.2 Å². The number of aliphatic hydroxyl groups excluding tert-OH is 1. The fraction of sp³-hybridized carbons (Fsp3) is 0.550. The molecule has 5 heteroatoms. The number of benzene rings is 1. The van der Waals surface area contributed by atoms with Crippen LogP contribution in [0.2, 0.25) is 0 Å². The Morgan fingerprint density at radius 2 is 2.16 bits per heavy atom. The second kappa shape index (κ2) is 6.81. The molecular formula is C20H25NO4. The van der Waals surface area contributed by atoms with Crippen LogP contribution in [0.25, 0.3) is 11.0 Å². The van der Waals surface area contributed by atoms with Crippen molar-refractivity contribution in [2.24, 2.45) is 0 Å². The lowest BCUT2D eigenvalue weighted by Crippen LogP contribution is -2.50. The lowest BCUT2D eigenvalue weighted by molar-refractivity contribution is -0.140. The number of amides is 1. The predicted octanol–water partition coefficient (Wildman–Crippen LogP) is 2.46. The van der Waals surface area contributed by atoms with E-state index in [2.05, 4.69) is 12.1 Å². The summed E-state index contributed by atoms with van der Waals surface area (Å²) in [6.07, 6.45) is 5.60. The number of hydrogen-bond donors (Lipinski definition) is 1. The van der Waals surface area contributed by atoms with E-state index in [-0.39, 0.29) is 11.9 Å². The van der Waals surface area contributed by atoms with Gasteiger partial charge in [0.25, 0.3) is 0 Å². The third kappa shape index (κ3) is 3.31. The first-order valence-corrected chi connectivity index (χ1v) is 9.19.